The minimum atomic E-state index is 0.0617. The molecular formula is C24H30N2O2. The molecule has 0 aliphatic carbocycles. The zero-order valence-electron chi connectivity index (χ0n) is 16.9. The number of benzene rings is 2. The molecule has 0 fully saturated rings. The molecule has 4 nitrogen and oxygen atoms in total. The van der Waals surface area contributed by atoms with Gasteiger partial charge in [0.1, 0.15) is 0 Å². The molecule has 0 unspecified atom stereocenters. The van der Waals surface area contributed by atoms with E-state index in [1.807, 2.05) is 47.4 Å². The Bertz CT molecular complexity index is 811. The molecule has 4 heteroatoms. The topological polar surface area (TPSA) is 49.4 Å². The summed E-state index contributed by atoms with van der Waals surface area (Å²) in [4.78, 5) is 27.3. The molecule has 0 spiro atoms. The van der Waals surface area contributed by atoms with E-state index < -0.39 is 0 Å². The van der Waals surface area contributed by atoms with Crippen molar-refractivity contribution < 1.29 is 9.59 Å². The van der Waals surface area contributed by atoms with Crippen LogP contribution in [0.4, 0.5) is 5.69 Å². The van der Waals surface area contributed by atoms with E-state index in [2.05, 4.69) is 25.2 Å². The fraction of sp³-hybridized carbons (Fsp3) is 0.417. The fourth-order valence-corrected chi connectivity index (χ4v) is 3.92. The number of anilines is 1. The number of nitrogens with one attached hydrogen (secondary N) is 1. The molecule has 1 aliphatic heterocycles. The minimum Gasteiger partial charge on any atom is -0.334 e. The van der Waals surface area contributed by atoms with Crippen molar-refractivity contribution in [2.24, 2.45) is 5.92 Å². The van der Waals surface area contributed by atoms with Crippen molar-refractivity contribution in [2.45, 2.75) is 52.5 Å². The molecule has 1 heterocycles. The molecule has 0 radical (unpaired) electrons. The number of carbonyl (C=O) groups excluding carboxylic acids is 2. The summed E-state index contributed by atoms with van der Waals surface area (Å²) in [5, 5.41) is 3.10. The van der Waals surface area contributed by atoms with Crippen molar-refractivity contribution >= 4 is 17.5 Å². The van der Waals surface area contributed by atoms with Gasteiger partial charge >= 0.3 is 0 Å². The van der Waals surface area contributed by atoms with Gasteiger partial charge in [0.25, 0.3) is 5.91 Å². The van der Waals surface area contributed by atoms with E-state index in [1.54, 1.807) is 0 Å². The molecule has 28 heavy (non-hydrogen) atoms. The van der Waals surface area contributed by atoms with Gasteiger partial charge in [-0.3, -0.25) is 9.59 Å². The first-order valence-corrected chi connectivity index (χ1v) is 10.4. The van der Waals surface area contributed by atoms with E-state index in [4.69, 9.17) is 0 Å². The highest BCUT2D eigenvalue weighted by Gasteiger charge is 2.23. The van der Waals surface area contributed by atoms with E-state index in [9.17, 15) is 9.59 Å². The molecule has 2 aromatic rings. The van der Waals surface area contributed by atoms with Crippen LogP contribution in [0, 0.1) is 5.92 Å². The molecule has 148 valence electrons. The Morgan fingerprint density at radius 3 is 2.39 bits per heavy atom. The van der Waals surface area contributed by atoms with Crippen LogP contribution in [0.1, 0.15) is 61.0 Å². The summed E-state index contributed by atoms with van der Waals surface area (Å²) in [6.45, 7) is 5.54. The van der Waals surface area contributed by atoms with Crippen LogP contribution in [-0.2, 0) is 17.8 Å². The van der Waals surface area contributed by atoms with E-state index in [0.29, 0.717) is 6.54 Å². The van der Waals surface area contributed by atoms with E-state index >= 15 is 0 Å². The average molecular weight is 379 g/mol. The Morgan fingerprint density at radius 1 is 1.00 bits per heavy atom. The summed E-state index contributed by atoms with van der Waals surface area (Å²) in [7, 11) is 0. The molecule has 0 saturated heterocycles. The normalized spacial score (nSPS) is 13.3. The fourth-order valence-electron chi connectivity index (χ4n) is 3.92. The smallest absolute Gasteiger partial charge is 0.254 e. The summed E-state index contributed by atoms with van der Waals surface area (Å²) in [6, 6.07) is 15.5. The van der Waals surface area contributed by atoms with Gasteiger partial charge in [0.15, 0.2) is 0 Å². The SMILES string of the molecule is CCCC(CCC)C(=O)Nc1ccc2c(c1)CN(C(=O)c1ccccc1)CC2. The maximum absolute atomic E-state index is 12.8. The van der Waals surface area contributed by atoms with Crippen molar-refractivity contribution in [2.75, 3.05) is 11.9 Å². The quantitative estimate of drug-likeness (QED) is 0.734. The van der Waals surface area contributed by atoms with E-state index in [1.165, 1.54) is 5.56 Å². The lowest BCUT2D eigenvalue weighted by molar-refractivity contribution is -0.120. The van der Waals surface area contributed by atoms with Crippen LogP contribution in [0.2, 0.25) is 0 Å². The first-order valence-electron chi connectivity index (χ1n) is 10.4. The lowest BCUT2D eigenvalue weighted by atomic mass is 9.96. The molecule has 2 amide bonds. The van der Waals surface area contributed by atoms with Crippen LogP contribution < -0.4 is 5.32 Å². The molecule has 0 bridgehead atoms. The van der Waals surface area contributed by atoms with Crippen LogP contribution in [0.3, 0.4) is 0 Å². The number of hydrogen-bond acceptors (Lipinski definition) is 2. The highest BCUT2D eigenvalue weighted by molar-refractivity contribution is 5.94. The molecule has 1 aliphatic rings. The molecular weight excluding hydrogens is 348 g/mol. The largest absolute Gasteiger partial charge is 0.334 e. The number of hydrogen-bond donors (Lipinski definition) is 1. The van der Waals surface area contributed by atoms with Crippen molar-refractivity contribution in [1.82, 2.24) is 4.90 Å². The lowest BCUT2D eigenvalue weighted by Gasteiger charge is -2.29. The lowest BCUT2D eigenvalue weighted by Crippen LogP contribution is -2.36. The molecule has 0 aromatic heterocycles. The first-order chi connectivity index (χ1) is 13.6. The van der Waals surface area contributed by atoms with Gasteiger partial charge in [-0.15, -0.1) is 0 Å². The summed E-state index contributed by atoms with van der Waals surface area (Å²) in [5.74, 6) is 0.241. The zero-order valence-corrected chi connectivity index (χ0v) is 16.9. The monoisotopic (exact) mass is 378 g/mol. The Morgan fingerprint density at radius 2 is 1.71 bits per heavy atom. The number of amides is 2. The standard InChI is InChI=1S/C24H30N2O2/c1-3-8-19(9-4-2)23(27)25-22-13-12-18-14-15-26(17-21(18)16-22)24(28)20-10-6-5-7-11-20/h5-7,10-13,16,19H,3-4,8-9,14-15,17H2,1-2H3,(H,25,27). The Hall–Kier alpha value is -2.62. The Balaban J connectivity index is 1.71. The second kappa shape index (κ2) is 9.54. The number of carbonyl (C=O) groups is 2. The molecule has 2 aromatic carbocycles. The predicted octanol–water partition coefficient (Wildman–Crippen LogP) is 5.04. The molecule has 0 saturated carbocycles. The van der Waals surface area contributed by atoms with Gasteiger partial charge < -0.3 is 10.2 Å². The van der Waals surface area contributed by atoms with Gasteiger partial charge in [-0.2, -0.15) is 0 Å². The third kappa shape index (κ3) is 4.80. The van der Waals surface area contributed by atoms with Crippen LogP contribution in [-0.4, -0.2) is 23.3 Å². The molecule has 1 N–H and O–H groups in total. The van der Waals surface area contributed by atoms with Crippen molar-refractivity contribution in [3.8, 4) is 0 Å². The molecule has 3 rings (SSSR count). The summed E-state index contributed by atoms with van der Waals surface area (Å²) in [6.07, 6.45) is 4.71. The Kier molecular flexibility index (Phi) is 6.85. The highest BCUT2D eigenvalue weighted by Crippen LogP contribution is 2.25. The van der Waals surface area contributed by atoms with Crippen molar-refractivity contribution in [3.63, 3.8) is 0 Å². The molecule has 0 atom stereocenters. The van der Waals surface area contributed by atoms with Crippen LogP contribution in [0.25, 0.3) is 0 Å². The van der Waals surface area contributed by atoms with Crippen molar-refractivity contribution in [3.05, 3.63) is 65.2 Å². The van der Waals surface area contributed by atoms with Crippen molar-refractivity contribution in [1.29, 1.82) is 0 Å². The first kappa shape index (κ1) is 20.1. The highest BCUT2D eigenvalue weighted by atomic mass is 16.2. The van der Waals surface area contributed by atoms with Gasteiger partial charge in [-0.05, 0) is 54.7 Å². The Labute approximate surface area is 167 Å². The maximum atomic E-state index is 12.8. The third-order valence-electron chi connectivity index (χ3n) is 5.44. The second-order valence-corrected chi connectivity index (χ2v) is 7.59. The number of rotatable bonds is 7. The van der Waals surface area contributed by atoms with Crippen LogP contribution in [0.15, 0.2) is 48.5 Å². The van der Waals surface area contributed by atoms with Gasteiger partial charge in [0.05, 0.1) is 0 Å². The van der Waals surface area contributed by atoms with Gasteiger partial charge in [0.2, 0.25) is 5.91 Å². The average Bonchev–Trinajstić information content (AvgIpc) is 2.73. The zero-order chi connectivity index (χ0) is 19.9. The van der Waals surface area contributed by atoms with Crippen LogP contribution in [0.5, 0.6) is 0 Å². The van der Waals surface area contributed by atoms with E-state index in [-0.39, 0.29) is 17.7 Å². The maximum Gasteiger partial charge on any atom is 0.254 e. The van der Waals surface area contributed by atoms with E-state index in [0.717, 1.165) is 55.5 Å². The van der Waals surface area contributed by atoms with Crippen LogP contribution >= 0.6 is 0 Å². The number of fused-ring (bicyclic) bond motifs is 1. The van der Waals surface area contributed by atoms with Gasteiger partial charge in [0, 0.05) is 30.3 Å². The van der Waals surface area contributed by atoms with Gasteiger partial charge in [-0.1, -0.05) is 51.0 Å². The number of nitrogens with zero attached hydrogens (tertiary/aromatic N) is 1. The summed E-state index contributed by atoms with van der Waals surface area (Å²) >= 11 is 0. The second-order valence-electron chi connectivity index (χ2n) is 7.59. The van der Waals surface area contributed by atoms with Gasteiger partial charge in [-0.25, -0.2) is 0 Å². The summed E-state index contributed by atoms with van der Waals surface area (Å²) in [5.41, 5.74) is 3.93. The third-order valence-corrected chi connectivity index (χ3v) is 5.44. The summed E-state index contributed by atoms with van der Waals surface area (Å²) < 4.78 is 0. The predicted molar refractivity (Wildman–Crippen MR) is 113 cm³/mol. The minimum absolute atomic E-state index is 0.0617.